The fourth-order valence-electron chi connectivity index (χ4n) is 3.58. The third-order valence-corrected chi connectivity index (χ3v) is 4.94. The van der Waals surface area contributed by atoms with E-state index in [9.17, 15) is 10.1 Å². The van der Waals surface area contributed by atoms with Gasteiger partial charge in [-0.05, 0) is 56.9 Å². The van der Waals surface area contributed by atoms with Gasteiger partial charge in [0.15, 0.2) is 0 Å². The lowest BCUT2D eigenvalue weighted by Crippen LogP contribution is -2.35. The van der Waals surface area contributed by atoms with Crippen LogP contribution in [0.4, 0.5) is 5.69 Å². The summed E-state index contributed by atoms with van der Waals surface area (Å²) in [6.07, 6.45) is 4.84. The molecule has 2 heterocycles. The van der Waals surface area contributed by atoms with Crippen molar-refractivity contribution in [1.82, 2.24) is 9.80 Å². The fraction of sp³-hybridized carbons (Fsp3) is 0.625. The monoisotopic (exact) mass is 289 g/mol. The average molecular weight is 289 g/mol. The Morgan fingerprint density at radius 3 is 2.90 bits per heavy atom. The Morgan fingerprint density at radius 1 is 1.33 bits per heavy atom. The van der Waals surface area contributed by atoms with E-state index in [1.54, 1.807) is 12.1 Å². The first kappa shape index (κ1) is 14.5. The van der Waals surface area contributed by atoms with Gasteiger partial charge in [-0.3, -0.25) is 15.0 Å². The highest BCUT2D eigenvalue weighted by Gasteiger charge is 2.23. The molecule has 5 heteroatoms. The molecule has 0 bridgehead atoms. The normalized spacial score (nSPS) is 23.2. The van der Waals surface area contributed by atoms with Gasteiger partial charge in [0.1, 0.15) is 0 Å². The molecule has 1 unspecified atom stereocenters. The first-order valence-electron chi connectivity index (χ1n) is 7.82. The second kappa shape index (κ2) is 6.12. The summed E-state index contributed by atoms with van der Waals surface area (Å²) in [5, 5.41) is 10.9. The van der Waals surface area contributed by atoms with E-state index in [1.165, 1.54) is 31.4 Å². The van der Waals surface area contributed by atoms with Crippen LogP contribution in [0.25, 0.3) is 0 Å². The van der Waals surface area contributed by atoms with E-state index in [0.717, 1.165) is 37.7 Å². The van der Waals surface area contributed by atoms with E-state index in [4.69, 9.17) is 0 Å². The van der Waals surface area contributed by atoms with Crippen LogP contribution < -0.4 is 0 Å². The zero-order chi connectivity index (χ0) is 14.8. The molecule has 0 amide bonds. The van der Waals surface area contributed by atoms with Crippen LogP contribution in [0.5, 0.6) is 0 Å². The predicted molar refractivity (Wildman–Crippen MR) is 82.3 cm³/mol. The number of hydrogen-bond donors (Lipinski definition) is 0. The van der Waals surface area contributed by atoms with Gasteiger partial charge in [-0.1, -0.05) is 6.07 Å². The van der Waals surface area contributed by atoms with Crippen molar-refractivity contribution in [3.63, 3.8) is 0 Å². The zero-order valence-electron chi connectivity index (χ0n) is 12.6. The molecule has 1 atom stereocenters. The third-order valence-electron chi connectivity index (χ3n) is 4.94. The van der Waals surface area contributed by atoms with Crippen LogP contribution >= 0.6 is 0 Å². The molecule has 2 aliphatic heterocycles. The number of nitro groups is 1. The molecule has 0 aromatic heterocycles. The molecule has 114 valence electrons. The lowest BCUT2D eigenvalue weighted by molar-refractivity contribution is -0.385. The van der Waals surface area contributed by atoms with Crippen LogP contribution in [-0.2, 0) is 13.0 Å². The van der Waals surface area contributed by atoms with Gasteiger partial charge in [-0.2, -0.15) is 0 Å². The molecule has 0 spiro atoms. The number of hydrogen-bond acceptors (Lipinski definition) is 4. The molecular formula is C16H23N3O2. The number of benzene rings is 1. The van der Waals surface area contributed by atoms with Crippen LogP contribution in [0.3, 0.4) is 0 Å². The number of rotatable bonds is 4. The maximum atomic E-state index is 10.9. The van der Waals surface area contributed by atoms with E-state index >= 15 is 0 Å². The molecule has 0 radical (unpaired) electrons. The SMILES string of the molecule is CN1CCCC1CCN1CCc2ccc([N+](=O)[O-])cc2C1. The van der Waals surface area contributed by atoms with Gasteiger partial charge in [-0.25, -0.2) is 0 Å². The first-order chi connectivity index (χ1) is 10.1. The molecule has 1 aromatic rings. The molecule has 1 aromatic carbocycles. The summed E-state index contributed by atoms with van der Waals surface area (Å²) in [6.45, 7) is 4.24. The Labute approximate surface area is 125 Å². The van der Waals surface area contributed by atoms with Crippen LogP contribution in [-0.4, -0.2) is 47.4 Å². The molecular weight excluding hydrogens is 266 g/mol. The van der Waals surface area contributed by atoms with E-state index in [0.29, 0.717) is 0 Å². The summed E-state index contributed by atoms with van der Waals surface area (Å²) in [6, 6.07) is 6.03. The Bertz CT molecular complexity index is 532. The van der Waals surface area contributed by atoms with Crippen LogP contribution in [0.15, 0.2) is 18.2 Å². The van der Waals surface area contributed by atoms with Crippen LogP contribution in [0, 0.1) is 10.1 Å². The Morgan fingerprint density at radius 2 is 2.19 bits per heavy atom. The molecule has 1 fully saturated rings. The van der Waals surface area contributed by atoms with Gasteiger partial charge in [0.2, 0.25) is 0 Å². The van der Waals surface area contributed by atoms with Crippen molar-refractivity contribution in [2.75, 3.05) is 26.7 Å². The molecule has 5 nitrogen and oxygen atoms in total. The first-order valence-corrected chi connectivity index (χ1v) is 7.82. The minimum absolute atomic E-state index is 0.214. The van der Waals surface area contributed by atoms with Crippen molar-refractivity contribution in [3.05, 3.63) is 39.4 Å². The number of fused-ring (bicyclic) bond motifs is 1. The summed E-state index contributed by atoms with van der Waals surface area (Å²) in [5.41, 5.74) is 2.62. The van der Waals surface area contributed by atoms with Gasteiger partial charge < -0.3 is 4.90 Å². The zero-order valence-corrected chi connectivity index (χ0v) is 12.6. The second-order valence-corrected chi connectivity index (χ2v) is 6.30. The van der Waals surface area contributed by atoms with E-state index in [2.05, 4.69) is 16.8 Å². The predicted octanol–water partition coefficient (Wildman–Crippen LogP) is 2.44. The van der Waals surface area contributed by atoms with Crippen LogP contribution in [0.1, 0.15) is 30.4 Å². The lowest BCUT2D eigenvalue weighted by atomic mass is 9.98. The Kier molecular flexibility index (Phi) is 4.22. The highest BCUT2D eigenvalue weighted by Crippen LogP contribution is 2.25. The van der Waals surface area contributed by atoms with E-state index in [1.807, 2.05) is 6.07 Å². The highest BCUT2D eigenvalue weighted by atomic mass is 16.6. The minimum atomic E-state index is -0.299. The number of non-ortho nitro benzene ring substituents is 1. The third kappa shape index (κ3) is 3.24. The molecule has 2 aliphatic rings. The maximum Gasteiger partial charge on any atom is 0.269 e. The molecule has 3 rings (SSSR count). The summed E-state index contributed by atoms with van der Waals surface area (Å²) >= 11 is 0. The number of likely N-dealkylation sites (tertiary alicyclic amines) is 1. The highest BCUT2D eigenvalue weighted by molar-refractivity contribution is 5.41. The van der Waals surface area contributed by atoms with Gasteiger partial charge in [0.25, 0.3) is 5.69 Å². The summed E-state index contributed by atoms with van der Waals surface area (Å²) in [4.78, 5) is 15.5. The second-order valence-electron chi connectivity index (χ2n) is 6.30. The number of nitro benzene ring substituents is 1. The minimum Gasteiger partial charge on any atom is -0.303 e. The van der Waals surface area contributed by atoms with Crippen molar-refractivity contribution in [2.24, 2.45) is 0 Å². The summed E-state index contributed by atoms with van der Waals surface area (Å²) < 4.78 is 0. The summed E-state index contributed by atoms with van der Waals surface area (Å²) in [7, 11) is 2.21. The molecule has 0 N–H and O–H groups in total. The molecule has 1 saturated heterocycles. The van der Waals surface area contributed by atoms with Gasteiger partial charge in [0, 0.05) is 31.3 Å². The Balaban J connectivity index is 1.61. The van der Waals surface area contributed by atoms with Crippen molar-refractivity contribution in [2.45, 2.75) is 38.3 Å². The topological polar surface area (TPSA) is 49.6 Å². The van der Waals surface area contributed by atoms with Crippen molar-refractivity contribution >= 4 is 5.69 Å². The summed E-state index contributed by atoms with van der Waals surface area (Å²) in [5.74, 6) is 0. The average Bonchev–Trinajstić information content (AvgIpc) is 2.89. The van der Waals surface area contributed by atoms with Crippen molar-refractivity contribution < 1.29 is 4.92 Å². The van der Waals surface area contributed by atoms with Crippen LogP contribution in [0.2, 0.25) is 0 Å². The van der Waals surface area contributed by atoms with E-state index in [-0.39, 0.29) is 10.6 Å². The molecule has 0 saturated carbocycles. The smallest absolute Gasteiger partial charge is 0.269 e. The van der Waals surface area contributed by atoms with Gasteiger partial charge in [-0.15, -0.1) is 0 Å². The standard InChI is InChI=1S/C16H23N3O2/c1-17-8-2-3-15(17)7-10-18-9-6-13-4-5-16(19(20)21)11-14(13)12-18/h4-5,11,15H,2-3,6-10,12H2,1H3. The van der Waals surface area contributed by atoms with Gasteiger partial charge >= 0.3 is 0 Å². The largest absolute Gasteiger partial charge is 0.303 e. The van der Waals surface area contributed by atoms with E-state index < -0.39 is 0 Å². The fourth-order valence-corrected chi connectivity index (χ4v) is 3.58. The lowest BCUT2D eigenvalue weighted by Gasteiger charge is -2.30. The maximum absolute atomic E-state index is 10.9. The quantitative estimate of drug-likeness (QED) is 0.631. The Hall–Kier alpha value is -1.46. The number of nitrogens with zero attached hydrogens (tertiary/aromatic N) is 3. The van der Waals surface area contributed by atoms with Gasteiger partial charge in [0.05, 0.1) is 4.92 Å². The molecule has 0 aliphatic carbocycles. The van der Waals surface area contributed by atoms with Crippen molar-refractivity contribution in [3.8, 4) is 0 Å². The van der Waals surface area contributed by atoms with Crippen molar-refractivity contribution in [1.29, 1.82) is 0 Å². The molecule has 21 heavy (non-hydrogen) atoms.